The molecule has 1 amide bonds. The van der Waals surface area contributed by atoms with Gasteiger partial charge in [0.05, 0.1) is 5.56 Å². The first kappa shape index (κ1) is 23.9. The monoisotopic (exact) mass is 489 g/mol. The van der Waals surface area contributed by atoms with Crippen LogP contribution in [0.3, 0.4) is 0 Å². The Labute approximate surface area is 208 Å². The van der Waals surface area contributed by atoms with E-state index in [0.29, 0.717) is 29.8 Å². The highest BCUT2D eigenvalue weighted by Gasteiger charge is 2.29. The largest absolute Gasteiger partial charge is 0.337 e. The van der Waals surface area contributed by atoms with Gasteiger partial charge in [-0.15, -0.1) is 0 Å². The van der Waals surface area contributed by atoms with Crippen LogP contribution in [0.2, 0.25) is 0 Å². The van der Waals surface area contributed by atoms with Crippen molar-refractivity contribution in [1.82, 2.24) is 24.3 Å². The molecule has 10 heteroatoms. The maximum atomic E-state index is 15.0. The zero-order chi connectivity index (χ0) is 25.4. The first-order valence-corrected chi connectivity index (χ1v) is 12.2. The smallest absolute Gasteiger partial charge is 0.270 e. The molecule has 1 saturated heterocycles. The van der Waals surface area contributed by atoms with Gasteiger partial charge in [0.1, 0.15) is 23.1 Å². The van der Waals surface area contributed by atoms with E-state index in [2.05, 4.69) is 20.2 Å². The molecule has 0 radical (unpaired) electrons. The zero-order valence-corrected chi connectivity index (χ0v) is 20.4. The van der Waals surface area contributed by atoms with Gasteiger partial charge in [0.25, 0.3) is 11.5 Å². The van der Waals surface area contributed by atoms with Crippen molar-refractivity contribution >= 4 is 28.6 Å². The van der Waals surface area contributed by atoms with Gasteiger partial charge in [0.15, 0.2) is 0 Å². The van der Waals surface area contributed by atoms with Crippen LogP contribution in [0.5, 0.6) is 0 Å². The van der Waals surface area contributed by atoms with Gasteiger partial charge in [-0.2, -0.15) is 10.2 Å². The summed E-state index contributed by atoms with van der Waals surface area (Å²) in [7, 11) is 3.95. The van der Waals surface area contributed by atoms with E-state index in [1.165, 1.54) is 18.2 Å². The Morgan fingerprint density at radius 3 is 2.67 bits per heavy atom. The molecule has 3 aromatic rings. The number of hydrogen-bond acceptors (Lipinski definition) is 7. The van der Waals surface area contributed by atoms with Crippen LogP contribution in [0, 0.1) is 17.1 Å². The van der Waals surface area contributed by atoms with E-state index < -0.39 is 5.82 Å². The van der Waals surface area contributed by atoms with Gasteiger partial charge in [-0.3, -0.25) is 14.2 Å². The van der Waals surface area contributed by atoms with Crippen molar-refractivity contribution in [3.05, 3.63) is 57.8 Å². The highest BCUT2D eigenvalue weighted by molar-refractivity contribution is 5.95. The second-order valence-corrected chi connectivity index (χ2v) is 9.73. The fraction of sp³-hybridized carbons (Fsp3) is 0.423. The summed E-state index contributed by atoms with van der Waals surface area (Å²) in [5.74, 6) is -0.745. The molecule has 0 spiro atoms. The van der Waals surface area contributed by atoms with E-state index in [1.807, 2.05) is 20.2 Å². The Hall–Kier alpha value is -3.84. The first-order valence-electron chi connectivity index (χ1n) is 12.2. The number of aromatic nitrogens is 3. The van der Waals surface area contributed by atoms with E-state index in [4.69, 9.17) is 0 Å². The fourth-order valence-corrected chi connectivity index (χ4v) is 5.18. The summed E-state index contributed by atoms with van der Waals surface area (Å²) >= 11 is 0. The summed E-state index contributed by atoms with van der Waals surface area (Å²) in [6.45, 7) is 1.18. The Morgan fingerprint density at radius 2 is 2.00 bits per heavy atom. The van der Waals surface area contributed by atoms with E-state index in [1.54, 1.807) is 21.7 Å². The van der Waals surface area contributed by atoms with Crippen molar-refractivity contribution in [3.63, 3.8) is 0 Å². The third-order valence-corrected chi connectivity index (χ3v) is 7.22. The Kier molecular flexibility index (Phi) is 6.41. The SMILES string of the molecule is CN(C)[C@H]1CCN(C(=O)c2ccc(Nc3ncc4cc(C#N)c(=O)n(C5CCCC5)c4n3)cc2F)C1. The molecule has 1 aromatic carbocycles. The van der Waals surface area contributed by atoms with Crippen molar-refractivity contribution < 1.29 is 9.18 Å². The molecule has 1 N–H and O–H groups in total. The van der Waals surface area contributed by atoms with Gasteiger partial charge in [0.2, 0.25) is 5.95 Å². The number of hydrogen-bond donors (Lipinski definition) is 1. The van der Waals surface area contributed by atoms with Crippen LogP contribution in [0.4, 0.5) is 16.0 Å². The van der Waals surface area contributed by atoms with E-state index in [-0.39, 0.29) is 40.6 Å². The van der Waals surface area contributed by atoms with Crippen LogP contribution in [0.25, 0.3) is 11.0 Å². The minimum atomic E-state index is -0.624. The van der Waals surface area contributed by atoms with Gasteiger partial charge in [-0.25, -0.2) is 9.37 Å². The molecular formula is C26H28FN7O2. The molecule has 36 heavy (non-hydrogen) atoms. The van der Waals surface area contributed by atoms with Gasteiger partial charge >= 0.3 is 0 Å². The number of nitrogens with zero attached hydrogens (tertiary/aromatic N) is 6. The zero-order valence-electron chi connectivity index (χ0n) is 20.4. The van der Waals surface area contributed by atoms with Crippen LogP contribution in [-0.2, 0) is 0 Å². The number of carbonyl (C=O) groups excluding carboxylic acids is 1. The lowest BCUT2D eigenvalue weighted by atomic mass is 10.1. The summed E-state index contributed by atoms with van der Waals surface area (Å²) in [6, 6.07) is 8.08. The Balaban J connectivity index is 1.41. The quantitative estimate of drug-likeness (QED) is 0.585. The molecule has 1 aliphatic carbocycles. The topological polar surface area (TPSA) is 107 Å². The minimum Gasteiger partial charge on any atom is -0.337 e. The molecule has 1 atom stereocenters. The first-order chi connectivity index (χ1) is 17.4. The van der Waals surface area contributed by atoms with E-state index in [9.17, 15) is 19.2 Å². The number of amides is 1. The number of rotatable bonds is 5. The van der Waals surface area contributed by atoms with Gasteiger partial charge in [-0.05, 0) is 57.6 Å². The maximum Gasteiger partial charge on any atom is 0.270 e. The summed E-state index contributed by atoms with van der Waals surface area (Å²) in [5.41, 5.74) is 0.572. The number of anilines is 2. The number of nitrogens with one attached hydrogen (secondary N) is 1. The number of benzene rings is 1. The summed E-state index contributed by atoms with van der Waals surface area (Å²) in [5, 5.41) is 13.0. The van der Waals surface area contributed by atoms with Crippen molar-refractivity contribution in [2.75, 3.05) is 32.5 Å². The fourth-order valence-electron chi connectivity index (χ4n) is 5.18. The normalized spacial score (nSPS) is 18.2. The highest BCUT2D eigenvalue weighted by Crippen LogP contribution is 2.31. The lowest BCUT2D eigenvalue weighted by Gasteiger charge is -2.20. The van der Waals surface area contributed by atoms with Crippen LogP contribution < -0.4 is 10.9 Å². The molecule has 5 rings (SSSR count). The molecule has 2 fully saturated rings. The second kappa shape index (κ2) is 9.66. The number of likely N-dealkylation sites (tertiary alicyclic amines) is 1. The predicted molar refractivity (Wildman–Crippen MR) is 134 cm³/mol. The summed E-state index contributed by atoms with van der Waals surface area (Å²) in [4.78, 5) is 38.4. The lowest BCUT2D eigenvalue weighted by molar-refractivity contribution is 0.0778. The molecule has 2 aliphatic rings. The molecule has 3 heterocycles. The second-order valence-electron chi connectivity index (χ2n) is 9.73. The minimum absolute atomic E-state index is 0.0172. The maximum absolute atomic E-state index is 15.0. The van der Waals surface area contributed by atoms with E-state index >= 15 is 0 Å². The van der Waals surface area contributed by atoms with Crippen LogP contribution >= 0.6 is 0 Å². The molecule has 1 saturated carbocycles. The Morgan fingerprint density at radius 1 is 1.22 bits per heavy atom. The summed E-state index contributed by atoms with van der Waals surface area (Å²) in [6.07, 6.45) is 6.15. The van der Waals surface area contributed by atoms with Crippen molar-refractivity contribution in [2.45, 2.75) is 44.2 Å². The molecule has 0 bridgehead atoms. The lowest BCUT2D eigenvalue weighted by Crippen LogP contribution is -2.34. The average molecular weight is 490 g/mol. The third kappa shape index (κ3) is 4.42. The Bertz CT molecular complexity index is 1420. The molecule has 1 aliphatic heterocycles. The third-order valence-electron chi connectivity index (χ3n) is 7.22. The standard InChI is InChI=1S/C26H28FN7O2/c1-32(2)20-9-10-33(15-20)25(36)21-8-7-18(12-22(21)27)30-26-29-14-17-11-16(13-28)24(35)34(23(17)31-26)19-5-3-4-6-19/h7-8,11-12,14,19-20H,3-6,9-10,15H2,1-2H3,(H,29,30,31)/t20-/m0/s1. The highest BCUT2D eigenvalue weighted by atomic mass is 19.1. The molecular weight excluding hydrogens is 461 g/mol. The van der Waals surface area contributed by atoms with E-state index in [0.717, 1.165) is 32.1 Å². The number of halogens is 1. The molecule has 2 aromatic heterocycles. The van der Waals surface area contributed by atoms with Crippen LogP contribution in [0.1, 0.15) is 54.1 Å². The van der Waals surface area contributed by atoms with Crippen molar-refractivity contribution in [1.29, 1.82) is 5.26 Å². The van der Waals surface area contributed by atoms with Gasteiger partial charge in [-0.1, -0.05) is 12.8 Å². The van der Waals surface area contributed by atoms with Crippen LogP contribution in [-0.4, -0.2) is 63.5 Å². The predicted octanol–water partition coefficient (Wildman–Crippen LogP) is 3.44. The summed E-state index contributed by atoms with van der Waals surface area (Å²) < 4.78 is 16.6. The van der Waals surface area contributed by atoms with Crippen molar-refractivity contribution in [2.24, 2.45) is 0 Å². The van der Waals surface area contributed by atoms with Crippen LogP contribution in [0.15, 0.2) is 35.3 Å². The molecule has 0 unspecified atom stereocenters. The van der Waals surface area contributed by atoms with Gasteiger partial charge < -0.3 is 15.1 Å². The number of nitriles is 1. The number of fused-ring (bicyclic) bond motifs is 1. The number of likely N-dealkylation sites (N-methyl/N-ethyl adjacent to an activating group) is 1. The number of pyridine rings is 1. The molecule has 186 valence electrons. The average Bonchev–Trinajstić information content (AvgIpc) is 3.56. The van der Waals surface area contributed by atoms with Crippen molar-refractivity contribution in [3.8, 4) is 6.07 Å². The van der Waals surface area contributed by atoms with Gasteiger partial charge in [0, 0.05) is 42.4 Å². The molecule has 9 nitrogen and oxygen atoms in total. The number of carbonyl (C=O) groups is 1.